The third-order valence-corrected chi connectivity index (χ3v) is 9.90. The Balaban J connectivity index is 0.00000256. The molecule has 4 aromatic rings. The molecule has 0 bridgehead atoms. The van der Waals surface area contributed by atoms with E-state index in [0.29, 0.717) is 10.8 Å². The molecule has 0 N–H and O–H groups in total. The molecule has 0 aliphatic heterocycles. The van der Waals surface area contributed by atoms with Crippen LogP contribution in [0.15, 0.2) is 109 Å². The molecule has 0 saturated heterocycles. The van der Waals surface area contributed by atoms with Gasteiger partial charge in [0.2, 0.25) is 0 Å². The van der Waals surface area contributed by atoms with E-state index < -0.39 is 7.26 Å². The number of benzene rings is 4. The summed E-state index contributed by atoms with van der Waals surface area (Å²) in [6.45, 7) is 0. The van der Waals surface area contributed by atoms with Crippen LogP contribution in [0.3, 0.4) is 0 Å². The summed E-state index contributed by atoms with van der Waals surface area (Å²) in [6.07, 6.45) is 0.898. The van der Waals surface area contributed by atoms with Gasteiger partial charge in [0, 0.05) is 0 Å². The van der Waals surface area contributed by atoms with Crippen molar-refractivity contribution in [1.82, 2.24) is 0 Å². The zero-order chi connectivity index (χ0) is 20.1. The molecule has 0 unspecified atom stereocenters. The van der Waals surface area contributed by atoms with Gasteiger partial charge in [-0.2, -0.15) is 0 Å². The second-order valence-electron chi connectivity index (χ2n) is 6.94. The first-order valence-corrected chi connectivity index (χ1v) is 12.0. The predicted molar refractivity (Wildman–Crippen MR) is 127 cm³/mol. The van der Waals surface area contributed by atoms with E-state index in [2.05, 4.69) is 97.1 Å². The van der Waals surface area contributed by atoms with Crippen LogP contribution in [0.2, 0.25) is 5.02 Å². The number of ether oxygens (including phenoxy) is 1. The Morgan fingerprint density at radius 1 is 0.667 bits per heavy atom. The zero-order valence-electron chi connectivity index (χ0n) is 16.7. The lowest BCUT2D eigenvalue weighted by atomic mass is 10.2. The average Bonchev–Trinajstić information content (AvgIpc) is 2.79. The van der Waals surface area contributed by atoms with Gasteiger partial charge in [0.25, 0.3) is 0 Å². The molecule has 30 heavy (non-hydrogen) atoms. The molecule has 0 aliphatic carbocycles. The van der Waals surface area contributed by atoms with Crippen LogP contribution < -0.4 is 37.6 Å². The Morgan fingerprint density at radius 3 is 1.47 bits per heavy atom. The molecule has 0 amide bonds. The van der Waals surface area contributed by atoms with Gasteiger partial charge in [0.15, 0.2) is 0 Å². The number of methoxy groups -OCH3 is 1. The summed E-state index contributed by atoms with van der Waals surface area (Å²) in [7, 11) is -0.269. The quantitative estimate of drug-likeness (QED) is 0.372. The van der Waals surface area contributed by atoms with Crippen molar-refractivity contribution in [3.63, 3.8) is 0 Å². The first-order valence-electron chi connectivity index (χ1n) is 9.61. The topological polar surface area (TPSA) is 9.23 Å². The number of rotatable bonds is 6. The number of halogens is 2. The lowest BCUT2D eigenvalue weighted by Crippen LogP contribution is -3.00. The minimum absolute atomic E-state index is 0. The second kappa shape index (κ2) is 10.3. The van der Waals surface area contributed by atoms with Crippen LogP contribution in [-0.4, -0.2) is 7.11 Å². The van der Waals surface area contributed by atoms with Gasteiger partial charge in [-0.25, -0.2) is 0 Å². The van der Waals surface area contributed by atoms with E-state index in [1.165, 1.54) is 21.5 Å². The van der Waals surface area contributed by atoms with E-state index >= 15 is 0 Å². The van der Waals surface area contributed by atoms with Gasteiger partial charge in [0.1, 0.15) is 28.9 Å². The Morgan fingerprint density at radius 2 is 1.10 bits per heavy atom. The molecule has 0 atom stereocenters. The maximum atomic E-state index is 6.48. The first kappa shape index (κ1) is 22.6. The van der Waals surface area contributed by atoms with Crippen molar-refractivity contribution in [2.24, 2.45) is 0 Å². The normalized spacial score (nSPS) is 10.9. The molecule has 4 rings (SSSR count). The van der Waals surface area contributed by atoms with Crippen molar-refractivity contribution in [2.45, 2.75) is 6.16 Å². The Bertz CT molecular complexity index is 975. The molecule has 0 saturated carbocycles. The van der Waals surface area contributed by atoms with Gasteiger partial charge in [-0.05, 0) is 54.1 Å². The van der Waals surface area contributed by atoms with Crippen molar-refractivity contribution in [2.75, 3.05) is 7.11 Å². The maximum Gasteiger partial charge on any atom is 0.137 e. The van der Waals surface area contributed by atoms with E-state index in [0.717, 1.165) is 6.16 Å². The third-order valence-electron chi connectivity index (χ3n) is 5.23. The van der Waals surface area contributed by atoms with E-state index in [-0.39, 0.29) is 17.0 Å². The summed E-state index contributed by atoms with van der Waals surface area (Å²) >= 11 is 6.48. The number of hydrogen-bond acceptors (Lipinski definition) is 1. The molecule has 0 heterocycles. The van der Waals surface area contributed by atoms with Crippen molar-refractivity contribution in [3.8, 4) is 5.75 Å². The third kappa shape index (κ3) is 4.47. The molecule has 0 spiro atoms. The van der Waals surface area contributed by atoms with Crippen molar-refractivity contribution < 1.29 is 21.7 Å². The molecule has 0 aromatic heterocycles. The maximum absolute atomic E-state index is 6.48. The summed E-state index contributed by atoms with van der Waals surface area (Å²) in [5, 5.41) is 4.75. The molecule has 0 fully saturated rings. The molecular weight excluding hydrogens is 475 g/mol. The van der Waals surface area contributed by atoms with Gasteiger partial charge in [-0.3, -0.25) is 0 Å². The molecule has 0 radical (unpaired) electrons. The van der Waals surface area contributed by atoms with Crippen LogP contribution in [0, 0.1) is 0 Å². The monoisotopic (exact) mass is 496 g/mol. The van der Waals surface area contributed by atoms with Crippen LogP contribution >= 0.6 is 18.9 Å². The van der Waals surface area contributed by atoms with Crippen LogP contribution in [0.25, 0.3) is 0 Å². The summed E-state index contributed by atoms with van der Waals surface area (Å²) < 4.78 is 5.36. The molecule has 0 aliphatic rings. The summed E-state index contributed by atoms with van der Waals surface area (Å²) in [5.41, 5.74) is 1.21. The highest BCUT2D eigenvalue weighted by Gasteiger charge is 2.45. The van der Waals surface area contributed by atoms with E-state index in [9.17, 15) is 0 Å². The van der Waals surface area contributed by atoms with Gasteiger partial charge in [-0.1, -0.05) is 72.3 Å². The van der Waals surface area contributed by atoms with Crippen LogP contribution in [0.5, 0.6) is 5.75 Å². The minimum atomic E-state index is -1.92. The average molecular weight is 498 g/mol. The van der Waals surface area contributed by atoms with Gasteiger partial charge >= 0.3 is 0 Å². The highest BCUT2D eigenvalue weighted by Crippen LogP contribution is 2.58. The van der Waals surface area contributed by atoms with Crippen LogP contribution in [0.4, 0.5) is 0 Å². The fourth-order valence-corrected chi connectivity index (χ4v) is 8.36. The number of hydrogen-bond donors (Lipinski definition) is 0. The molecule has 1 nitrogen and oxygen atoms in total. The Hall–Kier alpha value is -2.12. The fraction of sp³-hybridized carbons (Fsp3) is 0.0769. The summed E-state index contributed by atoms with van der Waals surface area (Å²) in [5.74, 6) is 0.707. The van der Waals surface area contributed by atoms with E-state index in [1.54, 1.807) is 7.11 Å². The lowest BCUT2D eigenvalue weighted by molar-refractivity contribution is -0.00000586. The summed E-state index contributed by atoms with van der Waals surface area (Å²) in [6, 6.07) is 38.8. The first-order chi connectivity index (χ1) is 14.2. The lowest BCUT2D eigenvalue weighted by Gasteiger charge is -2.28. The highest BCUT2D eigenvalue weighted by molar-refractivity contribution is 7.95. The van der Waals surface area contributed by atoms with Gasteiger partial charge < -0.3 is 21.7 Å². The predicted octanol–water partition coefficient (Wildman–Crippen LogP) is 2.85. The molecule has 4 aromatic carbocycles. The Kier molecular flexibility index (Phi) is 7.72. The smallest absolute Gasteiger partial charge is 0.137 e. The van der Waals surface area contributed by atoms with Crippen molar-refractivity contribution >= 4 is 34.8 Å². The highest BCUT2D eigenvalue weighted by atomic mass is 79.9. The SMILES string of the molecule is COc1ccc(C[P+](c2ccccc2)(c2ccccc2)c2ccccc2)cc1Cl.[Br-]. The Labute approximate surface area is 194 Å². The largest absolute Gasteiger partial charge is 1.00 e. The summed E-state index contributed by atoms with van der Waals surface area (Å²) in [4.78, 5) is 0. The molecule has 4 heteroatoms. The minimum Gasteiger partial charge on any atom is -1.00 e. The van der Waals surface area contributed by atoms with Gasteiger partial charge in [0.05, 0.1) is 18.3 Å². The fourth-order valence-electron chi connectivity index (χ4n) is 3.85. The van der Waals surface area contributed by atoms with Gasteiger partial charge in [-0.15, -0.1) is 0 Å². The van der Waals surface area contributed by atoms with Crippen molar-refractivity contribution in [3.05, 3.63) is 120 Å². The van der Waals surface area contributed by atoms with Crippen LogP contribution in [-0.2, 0) is 6.16 Å². The second-order valence-corrected chi connectivity index (χ2v) is 10.8. The van der Waals surface area contributed by atoms with E-state index in [1.807, 2.05) is 12.1 Å². The van der Waals surface area contributed by atoms with E-state index in [4.69, 9.17) is 16.3 Å². The standard InChI is InChI=1S/C26H23ClOP.BrH/c1-28-26-18-17-21(19-25(26)27)20-29(22-11-5-2-6-12-22,23-13-7-3-8-14-23)24-15-9-4-10-16-24;/h2-19H,20H2,1H3;1H/q+1;/p-1. The molecule has 152 valence electrons. The zero-order valence-corrected chi connectivity index (χ0v) is 19.9. The van der Waals surface area contributed by atoms with Crippen molar-refractivity contribution in [1.29, 1.82) is 0 Å². The van der Waals surface area contributed by atoms with Crippen LogP contribution in [0.1, 0.15) is 5.56 Å². The molecular formula is C26H23BrClOP.